The van der Waals surface area contributed by atoms with E-state index in [4.69, 9.17) is 0 Å². The molecule has 0 radical (unpaired) electrons. The van der Waals surface area contributed by atoms with E-state index in [-0.39, 0.29) is 11.9 Å². The molecule has 0 aliphatic carbocycles. The second kappa shape index (κ2) is 6.01. The first kappa shape index (κ1) is 13.8. The molecule has 1 N–H and O–H groups in total. The number of amides is 1. The quantitative estimate of drug-likeness (QED) is 0.910. The molecule has 1 unspecified atom stereocenters. The third-order valence-corrected chi connectivity index (χ3v) is 3.23. The summed E-state index contributed by atoms with van der Waals surface area (Å²) in [6.45, 7) is 5.13. The number of hydrogen-bond acceptors (Lipinski definition) is 3. The van der Waals surface area contributed by atoms with Crippen LogP contribution < -0.4 is 5.32 Å². The highest BCUT2D eigenvalue weighted by Gasteiger charge is 2.15. The van der Waals surface area contributed by atoms with Crippen LogP contribution in [0.4, 0.5) is 0 Å². The molecule has 0 aliphatic rings. The van der Waals surface area contributed by atoms with Crippen LogP contribution >= 0.6 is 15.9 Å². The van der Waals surface area contributed by atoms with E-state index in [2.05, 4.69) is 31.4 Å². The molecule has 102 valence electrons. The zero-order valence-corrected chi connectivity index (χ0v) is 12.5. The summed E-state index contributed by atoms with van der Waals surface area (Å²) in [7, 11) is 0. The van der Waals surface area contributed by atoms with E-state index in [9.17, 15) is 4.79 Å². The maximum Gasteiger partial charge on any atom is 0.244 e. The van der Waals surface area contributed by atoms with Gasteiger partial charge >= 0.3 is 0 Å². The summed E-state index contributed by atoms with van der Waals surface area (Å²) in [5.41, 5.74) is 0.990. The number of carbonyl (C=O) groups excluding carboxylic acids is 1. The van der Waals surface area contributed by atoms with E-state index < -0.39 is 0 Å². The monoisotopic (exact) mass is 325 g/mol. The summed E-state index contributed by atoms with van der Waals surface area (Å²) < 4.78 is 4.31. The van der Waals surface area contributed by atoms with Crippen molar-refractivity contribution in [1.82, 2.24) is 24.9 Å². The van der Waals surface area contributed by atoms with Crippen LogP contribution in [-0.2, 0) is 17.9 Å². The first-order valence-electron chi connectivity index (χ1n) is 6.09. The molecule has 2 aromatic heterocycles. The van der Waals surface area contributed by atoms with Crippen molar-refractivity contribution < 1.29 is 4.79 Å². The molecule has 7 heteroatoms. The van der Waals surface area contributed by atoms with Gasteiger partial charge in [0.15, 0.2) is 0 Å². The van der Waals surface area contributed by atoms with Crippen molar-refractivity contribution in [2.45, 2.75) is 33.0 Å². The SMILES string of the molecule is CCn1cc(CNC(=O)C(C)n2cc(Br)cn2)cn1. The van der Waals surface area contributed by atoms with Gasteiger partial charge in [0.2, 0.25) is 5.91 Å². The van der Waals surface area contributed by atoms with Crippen LogP contribution in [0.1, 0.15) is 25.5 Å². The number of halogens is 1. The summed E-state index contributed by atoms with van der Waals surface area (Å²) in [5.74, 6) is -0.0696. The van der Waals surface area contributed by atoms with Crippen molar-refractivity contribution >= 4 is 21.8 Å². The molecule has 0 spiro atoms. The second-order valence-electron chi connectivity index (χ2n) is 4.24. The molecule has 0 aliphatic heterocycles. The van der Waals surface area contributed by atoms with Crippen molar-refractivity contribution in [2.75, 3.05) is 0 Å². The van der Waals surface area contributed by atoms with Gasteiger partial charge in [-0.15, -0.1) is 0 Å². The van der Waals surface area contributed by atoms with Gasteiger partial charge in [0.05, 0.1) is 16.9 Å². The molecule has 0 saturated heterocycles. The van der Waals surface area contributed by atoms with Crippen LogP contribution in [0, 0.1) is 0 Å². The van der Waals surface area contributed by atoms with Gasteiger partial charge in [0, 0.05) is 31.0 Å². The number of hydrogen-bond donors (Lipinski definition) is 1. The van der Waals surface area contributed by atoms with Crippen LogP contribution in [0.3, 0.4) is 0 Å². The molecule has 0 saturated carbocycles. The number of carbonyl (C=O) groups is 1. The zero-order valence-electron chi connectivity index (χ0n) is 10.9. The second-order valence-corrected chi connectivity index (χ2v) is 5.15. The minimum atomic E-state index is -0.340. The van der Waals surface area contributed by atoms with Crippen LogP contribution in [0.5, 0.6) is 0 Å². The summed E-state index contributed by atoms with van der Waals surface area (Å²) in [6, 6.07) is -0.340. The first-order chi connectivity index (χ1) is 9.10. The highest BCUT2D eigenvalue weighted by atomic mass is 79.9. The number of aryl methyl sites for hydroxylation is 1. The van der Waals surface area contributed by atoms with E-state index in [1.807, 2.05) is 24.7 Å². The van der Waals surface area contributed by atoms with Gasteiger partial charge in [-0.3, -0.25) is 14.2 Å². The topological polar surface area (TPSA) is 64.7 Å². The minimum absolute atomic E-state index is 0.0696. The Morgan fingerprint density at radius 1 is 1.42 bits per heavy atom. The fourth-order valence-corrected chi connectivity index (χ4v) is 1.96. The third kappa shape index (κ3) is 3.44. The van der Waals surface area contributed by atoms with Gasteiger partial charge in [-0.05, 0) is 29.8 Å². The molecule has 0 bridgehead atoms. The average Bonchev–Trinajstić information content (AvgIpc) is 3.03. The molecule has 19 heavy (non-hydrogen) atoms. The molecule has 2 aromatic rings. The van der Waals surface area contributed by atoms with E-state index in [0.29, 0.717) is 6.54 Å². The Bertz CT molecular complexity index is 562. The molecule has 2 heterocycles. The van der Waals surface area contributed by atoms with Crippen LogP contribution in [0.25, 0.3) is 0 Å². The fourth-order valence-electron chi connectivity index (χ4n) is 1.65. The van der Waals surface area contributed by atoms with Gasteiger partial charge in [-0.2, -0.15) is 10.2 Å². The zero-order chi connectivity index (χ0) is 13.8. The van der Waals surface area contributed by atoms with Crippen molar-refractivity contribution in [3.8, 4) is 0 Å². The van der Waals surface area contributed by atoms with Crippen molar-refractivity contribution in [3.05, 3.63) is 34.8 Å². The molecule has 6 nitrogen and oxygen atoms in total. The van der Waals surface area contributed by atoms with Crippen LogP contribution in [-0.4, -0.2) is 25.5 Å². The predicted molar refractivity (Wildman–Crippen MR) is 74.4 cm³/mol. The standard InChI is InChI=1S/C12H16BrN5O/c1-3-17-7-10(5-15-17)4-14-12(19)9(2)18-8-11(13)6-16-18/h5-9H,3-4H2,1-2H3,(H,14,19). The number of nitrogens with zero attached hydrogens (tertiary/aromatic N) is 4. The van der Waals surface area contributed by atoms with E-state index in [1.54, 1.807) is 23.3 Å². The largest absolute Gasteiger partial charge is 0.350 e. The van der Waals surface area contributed by atoms with Gasteiger partial charge in [0.25, 0.3) is 0 Å². The highest BCUT2D eigenvalue weighted by molar-refractivity contribution is 9.10. The van der Waals surface area contributed by atoms with Crippen molar-refractivity contribution in [2.24, 2.45) is 0 Å². The molecular weight excluding hydrogens is 310 g/mol. The number of rotatable bonds is 5. The lowest BCUT2D eigenvalue weighted by atomic mass is 10.3. The van der Waals surface area contributed by atoms with Crippen molar-refractivity contribution in [3.63, 3.8) is 0 Å². The molecule has 1 atom stereocenters. The lowest BCUT2D eigenvalue weighted by Crippen LogP contribution is -2.30. The Morgan fingerprint density at radius 2 is 2.21 bits per heavy atom. The van der Waals surface area contributed by atoms with Gasteiger partial charge in [0.1, 0.15) is 6.04 Å². The summed E-state index contributed by atoms with van der Waals surface area (Å²) in [4.78, 5) is 12.0. The molecule has 1 amide bonds. The minimum Gasteiger partial charge on any atom is -0.350 e. The van der Waals surface area contributed by atoms with Gasteiger partial charge in [-0.1, -0.05) is 0 Å². The van der Waals surface area contributed by atoms with Gasteiger partial charge in [-0.25, -0.2) is 0 Å². The smallest absolute Gasteiger partial charge is 0.244 e. The summed E-state index contributed by atoms with van der Waals surface area (Å²) >= 11 is 3.31. The van der Waals surface area contributed by atoms with E-state index in [1.165, 1.54) is 0 Å². The lowest BCUT2D eigenvalue weighted by Gasteiger charge is -2.11. The normalized spacial score (nSPS) is 12.4. The first-order valence-corrected chi connectivity index (χ1v) is 6.88. The van der Waals surface area contributed by atoms with Crippen LogP contribution in [0.15, 0.2) is 29.3 Å². The Balaban J connectivity index is 1.90. The lowest BCUT2D eigenvalue weighted by molar-refractivity contribution is -0.124. The average molecular weight is 326 g/mol. The maximum atomic E-state index is 12.0. The summed E-state index contributed by atoms with van der Waals surface area (Å²) in [5, 5.41) is 11.1. The fraction of sp³-hybridized carbons (Fsp3) is 0.417. The predicted octanol–water partition coefficient (Wildman–Crippen LogP) is 1.74. The Hall–Kier alpha value is -1.63. The molecular formula is C12H16BrN5O. The highest BCUT2D eigenvalue weighted by Crippen LogP contribution is 2.11. The number of aromatic nitrogens is 4. The number of nitrogens with one attached hydrogen (secondary N) is 1. The summed E-state index contributed by atoms with van der Waals surface area (Å²) in [6.07, 6.45) is 7.13. The Labute approximate surface area is 119 Å². The van der Waals surface area contributed by atoms with E-state index >= 15 is 0 Å². The molecule has 0 fully saturated rings. The molecule has 2 rings (SSSR count). The maximum absolute atomic E-state index is 12.0. The van der Waals surface area contributed by atoms with Gasteiger partial charge < -0.3 is 5.32 Å². The third-order valence-electron chi connectivity index (χ3n) is 2.82. The Kier molecular flexibility index (Phi) is 4.36. The Morgan fingerprint density at radius 3 is 2.79 bits per heavy atom. The van der Waals surface area contributed by atoms with E-state index in [0.717, 1.165) is 16.6 Å². The van der Waals surface area contributed by atoms with Crippen molar-refractivity contribution in [1.29, 1.82) is 0 Å². The molecule has 0 aromatic carbocycles. The van der Waals surface area contributed by atoms with Crippen LogP contribution in [0.2, 0.25) is 0 Å².